The van der Waals surface area contributed by atoms with Gasteiger partial charge in [0.1, 0.15) is 17.0 Å². The molecule has 1 aliphatic carbocycles. The molecule has 9 nitrogen and oxygen atoms in total. The molecule has 1 atom stereocenters. The van der Waals surface area contributed by atoms with Gasteiger partial charge in [0.2, 0.25) is 5.91 Å². The molecular formula is C29H38N8OS. The minimum absolute atomic E-state index is 0.0478. The predicted octanol–water partition coefficient (Wildman–Crippen LogP) is 4.81. The molecule has 1 saturated heterocycles. The highest BCUT2D eigenvalue weighted by Crippen LogP contribution is 2.42. The number of fused-ring (bicyclic) bond motifs is 4. The number of hydrogen-bond acceptors (Lipinski definition) is 8. The van der Waals surface area contributed by atoms with Crippen molar-refractivity contribution in [1.29, 1.82) is 0 Å². The van der Waals surface area contributed by atoms with Crippen molar-refractivity contribution >= 4 is 55.6 Å². The van der Waals surface area contributed by atoms with Crippen molar-refractivity contribution in [3.63, 3.8) is 0 Å². The van der Waals surface area contributed by atoms with Crippen LogP contribution in [0.4, 0.5) is 17.2 Å². The van der Waals surface area contributed by atoms with Gasteiger partial charge in [-0.2, -0.15) is 5.10 Å². The molecule has 6 rings (SSSR count). The summed E-state index contributed by atoms with van der Waals surface area (Å²) in [5, 5.41) is 13.3. The maximum Gasteiger partial charge on any atom is 0.225 e. The molecule has 4 heterocycles. The first kappa shape index (κ1) is 26.0. The topological polar surface area (TPSA) is 93.3 Å². The van der Waals surface area contributed by atoms with E-state index in [-0.39, 0.29) is 11.8 Å². The van der Waals surface area contributed by atoms with Crippen LogP contribution >= 0.6 is 11.3 Å². The van der Waals surface area contributed by atoms with Crippen molar-refractivity contribution in [2.24, 2.45) is 5.92 Å². The molecule has 2 aliphatic rings. The molecule has 39 heavy (non-hydrogen) atoms. The molecule has 1 fully saturated rings. The van der Waals surface area contributed by atoms with Gasteiger partial charge < -0.3 is 20.0 Å². The van der Waals surface area contributed by atoms with Gasteiger partial charge in [0.15, 0.2) is 0 Å². The SMILES string of the molecule is CCCN(C)C(=O)[C@H]1CCc2c(sc3ncnc(Nc4cc5cn[nH]c5cc4N4CCC(N(C)C)CC4)c23)C1. The van der Waals surface area contributed by atoms with Crippen LogP contribution in [-0.4, -0.2) is 82.7 Å². The van der Waals surface area contributed by atoms with Gasteiger partial charge in [0.05, 0.1) is 28.5 Å². The summed E-state index contributed by atoms with van der Waals surface area (Å²) in [6, 6.07) is 5.01. The Balaban J connectivity index is 1.32. The molecular weight excluding hydrogens is 508 g/mol. The summed E-state index contributed by atoms with van der Waals surface area (Å²) >= 11 is 1.72. The molecule has 0 saturated carbocycles. The Morgan fingerprint density at radius 2 is 2.00 bits per heavy atom. The van der Waals surface area contributed by atoms with E-state index >= 15 is 0 Å². The molecule has 1 aliphatic heterocycles. The molecule has 0 bridgehead atoms. The summed E-state index contributed by atoms with van der Waals surface area (Å²) in [5.41, 5.74) is 4.55. The lowest BCUT2D eigenvalue weighted by Crippen LogP contribution is -2.42. The summed E-state index contributed by atoms with van der Waals surface area (Å²) in [7, 11) is 6.28. The van der Waals surface area contributed by atoms with Gasteiger partial charge >= 0.3 is 0 Å². The largest absolute Gasteiger partial charge is 0.370 e. The number of amides is 1. The monoisotopic (exact) mass is 546 g/mol. The molecule has 0 spiro atoms. The van der Waals surface area contributed by atoms with Crippen molar-refractivity contribution < 1.29 is 4.79 Å². The van der Waals surface area contributed by atoms with Crippen LogP contribution in [0.5, 0.6) is 0 Å². The van der Waals surface area contributed by atoms with Crippen molar-refractivity contribution in [2.45, 2.75) is 51.5 Å². The standard InChI is InChI=1S/C29H38N8OS/c1-5-10-36(4)29(38)18-6-7-21-25(14-18)39-28-26(21)27(30-17-31-28)33-23-13-19-16-32-34-22(19)15-24(23)37-11-8-20(9-12-37)35(2)3/h13,15-18,20H,5-12,14H2,1-4H3,(H,32,34)(H,30,31,33)/t18-/m0/s1. The first-order valence-corrected chi connectivity index (χ1v) is 14.9. The lowest BCUT2D eigenvalue weighted by Gasteiger charge is -2.37. The lowest BCUT2D eigenvalue weighted by molar-refractivity contribution is -0.134. The Bertz CT molecular complexity index is 1490. The molecule has 0 radical (unpaired) electrons. The van der Waals surface area contributed by atoms with Crippen molar-refractivity contribution in [3.8, 4) is 0 Å². The maximum atomic E-state index is 13.0. The van der Waals surface area contributed by atoms with E-state index in [1.807, 2.05) is 18.1 Å². The van der Waals surface area contributed by atoms with Crippen LogP contribution in [0.25, 0.3) is 21.1 Å². The van der Waals surface area contributed by atoms with Gasteiger partial charge in [-0.25, -0.2) is 9.97 Å². The third kappa shape index (κ3) is 4.96. The quantitative estimate of drug-likeness (QED) is 0.343. The van der Waals surface area contributed by atoms with E-state index in [0.717, 1.165) is 90.8 Å². The minimum Gasteiger partial charge on any atom is -0.370 e. The zero-order chi connectivity index (χ0) is 27.1. The first-order valence-electron chi connectivity index (χ1n) is 14.1. The van der Waals surface area contributed by atoms with E-state index in [1.165, 1.54) is 16.1 Å². The number of aromatic amines is 1. The molecule has 206 valence electrons. The Labute approximate surface area is 233 Å². The van der Waals surface area contributed by atoms with E-state index in [1.54, 1.807) is 17.7 Å². The van der Waals surface area contributed by atoms with Gasteiger partial charge in [-0.15, -0.1) is 11.3 Å². The Hall–Kier alpha value is -3.24. The van der Waals surface area contributed by atoms with Crippen molar-refractivity contribution in [3.05, 3.63) is 35.1 Å². The van der Waals surface area contributed by atoms with Crippen LogP contribution in [0, 0.1) is 5.92 Å². The average molecular weight is 547 g/mol. The Kier molecular flexibility index (Phi) is 7.16. The maximum absolute atomic E-state index is 13.0. The fourth-order valence-corrected chi connectivity index (χ4v) is 7.53. The Morgan fingerprint density at radius 3 is 2.77 bits per heavy atom. The summed E-state index contributed by atoms with van der Waals surface area (Å²) in [5.74, 6) is 1.16. The number of aromatic nitrogens is 4. The fourth-order valence-electron chi connectivity index (χ4n) is 6.27. The lowest BCUT2D eigenvalue weighted by atomic mass is 9.87. The Morgan fingerprint density at radius 1 is 1.18 bits per heavy atom. The van der Waals surface area contributed by atoms with Gasteiger partial charge in [-0.05, 0) is 70.3 Å². The van der Waals surface area contributed by atoms with Crippen LogP contribution in [0.3, 0.4) is 0 Å². The van der Waals surface area contributed by atoms with Crippen LogP contribution in [-0.2, 0) is 17.6 Å². The van der Waals surface area contributed by atoms with Crippen LogP contribution < -0.4 is 10.2 Å². The summed E-state index contributed by atoms with van der Waals surface area (Å²) < 4.78 is 0. The van der Waals surface area contributed by atoms with Crippen LogP contribution in [0.2, 0.25) is 0 Å². The second kappa shape index (κ2) is 10.7. The fraction of sp³-hybridized carbons (Fsp3) is 0.517. The summed E-state index contributed by atoms with van der Waals surface area (Å²) in [4.78, 5) is 31.4. The molecule has 4 aromatic rings. The van der Waals surface area contributed by atoms with Crippen LogP contribution in [0.1, 0.15) is 43.0 Å². The predicted molar refractivity (Wildman–Crippen MR) is 159 cm³/mol. The van der Waals surface area contributed by atoms with Gasteiger partial charge in [0, 0.05) is 48.9 Å². The third-order valence-electron chi connectivity index (χ3n) is 8.47. The third-order valence-corrected chi connectivity index (χ3v) is 9.64. The first-order chi connectivity index (χ1) is 18.9. The summed E-state index contributed by atoms with van der Waals surface area (Å²) in [6.45, 7) is 4.94. The number of rotatable bonds is 7. The second-order valence-corrected chi connectivity index (χ2v) is 12.3. The normalized spacial score (nSPS) is 18.2. The van der Waals surface area contributed by atoms with E-state index in [2.05, 4.69) is 63.4 Å². The number of piperidine rings is 1. The smallest absolute Gasteiger partial charge is 0.225 e. The number of hydrogen-bond donors (Lipinski definition) is 2. The molecule has 3 aromatic heterocycles. The van der Waals surface area contributed by atoms with Gasteiger partial charge in [0.25, 0.3) is 0 Å². The summed E-state index contributed by atoms with van der Waals surface area (Å²) in [6.07, 6.45) is 9.31. The number of benzene rings is 1. The average Bonchev–Trinajstić information content (AvgIpc) is 3.56. The highest BCUT2D eigenvalue weighted by Gasteiger charge is 2.31. The number of nitrogens with zero attached hydrogens (tertiary/aromatic N) is 6. The molecule has 0 unspecified atom stereocenters. The van der Waals surface area contributed by atoms with E-state index in [0.29, 0.717) is 6.04 Å². The molecule has 2 N–H and O–H groups in total. The van der Waals surface area contributed by atoms with Gasteiger partial charge in [-0.1, -0.05) is 6.92 Å². The minimum atomic E-state index is 0.0478. The zero-order valence-electron chi connectivity index (χ0n) is 23.3. The molecule has 1 aromatic carbocycles. The van der Waals surface area contributed by atoms with Gasteiger partial charge in [-0.3, -0.25) is 9.89 Å². The number of carbonyl (C=O) groups excluding carboxylic acids is 1. The second-order valence-electron chi connectivity index (χ2n) is 11.2. The highest BCUT2D eigenvalue weighted by molar-refractivity contribution is 7.19. The molecule has 10 heteroatoms. The van der Waals surface area contributed by atoms with E-state index < -0.39 is 0 Å². The number of aryl methyl sites for hydroxylation is 1. The number of anilines is 3. The molecule has 1 amide bonds. The van der Waals surface area contributed by atoms with E-state index in [9.17, 15) is 4.79 Å². The van der Waals surface area contributed by atoms with E-state index in [4.69, 9.17) is 4.98 Å². The zero-order valence-corrected chi connectivity index (χ0v) is 24.1. The number of thiophene rings is 1. The van der Waals surface area contributed by atoms with Crippen molar-refractivity contribution in [2.75, 3.05) is 51.0 Å². The van der Waals surface area contributed by atoms with Crippen molar-refractivity contribution in [1.82, 2.24) is 30.0 Å². The van der Waals surface area contributed by atoms with Crippen LogP contribution in [0.15, 0.2) is 24.7 Å². The highest BCUT2D eigenvalue weighted by atomic mass is 32.1. The number of nitrogens with one attached hydrogen (secondary N) is 2. The number of carbonyl (C=O) groups is 1. The number of H-pyrrole nitrogens is 1.